The Hall–Kier alpha value is -0.770. The molecule has 17 heavy (non-hydrogen) atoms. The van der Waals surface area contributed by atoms with Crippen molar-refractivity contribution in [3.8, 4) is 0 Å². The van der Waals surface area contributed by atoms with Gasteiger partial charge in [0.05, 0.1) is 10.0 Å². The summed E-state index contributed by atoms with van der Waals surface area (Å²) in [6.45, 7) is 1.11. The minimum atomic E-state index is -0.294. The van der Waals surface area contributed by atoms with E-state index in [1.54, 1.807) is 12.1 Å². The predicted octanol–water partition coefficient (Wildman–Crippen LogP) is 2.79. The van der Waals surface area contributed by atoms with Gasteiger partial charge in [0, 0.05) is 13.2 Å². The highest BCUT2D eigenvalue weighted by Gasteiger charge is 2.22. The van der Waals surface area contributed by atoms with E-state index in [-0.39, 0.29) is 12.0 Å². The van der Waals surface area contributed by atoms with Crippen molar-refractivity contribution in [2.24, 2.45) is 0 Å². The first-order valence-corrected chi connectivity index (χ1v) is 6.25. The van der Waals surface area contributed by atoms with E-state index in [4.69, 9.17) is 27.9 Å². The minimum Gasteiger partial charge on any atom is -0.368 e. The molecule has 92 valence electrons. The Kier molecular flexibility index (Phi) is 4.26. The zero-order valence-electron chi connectivity index (χ0n) is 9.21. The molecule has 0 aliphatic carbocycles. The number of ether oxygens (including phenoxy) is 1. The van der Waals surface area contributed by atoms with Crippen LogP contribution < -0.4 is 5.32 Å². The van der Waals surface area contributed by atoms with Gasteiger partial charge in [-0.2, -0.15) is 0 Å². The summed E-state index contributed by atoms with van der Waals surface area (Å²) in [5, 5.41) is 3.83. The van der Waals surface area contributed by atoms with Crippen molar-refractivity contribution in [1.29, 1.82) is 0 Å². The summed E-state index contributed by atoms with van der Waals surface area (Å²) in [6.07, 6.45) is 1.45. The average molecular weight is 274 g/mol. The van der Waals surface area contributed by atoms with Crippen LogP contribution in [0.3, 0.4) is 0 Å². The molecule has 1 aliphatic heterocycles. The lowest BCUT2D eigenvalue weighted by Crippen LogP contribution is -2.33. The zero-order valence-corrected chi connectivity index (χ0v) is 10.7. The topological polar surface area (TPSA) is 38.3 Å². The van der Waals surface area contributed by atoms with Crippen molar-refractivity contribution < 1.29 is 9.53 Å². The summed E-state index contributed by atoms with van der Waals surface area (Å²) < 4.78 is 5.29. The number of nitrogens with one attached hydrogen (secondary N) is 1. The first kappa shape index (κ1) is 12.7. The lowest BCUT2D eigenvalue weighted by atomic mass is 10.2. The van der Waals surface area contributed by atoms with Crippen LogP contribution in [-0.2, 0) is 16.1 Å². The number of hydrogen-bond acceptors (Lipinski definition) is 2. The Balaban J connectivity index is 1.88. The van der Waals surface area contributed by atoms with E-state index in [1.165, 1.54) is 0 Å². The second kappa shape index (κ2) is 5.71. The maximum atomic E-state index is 11.7. The van der Waals surface area contributed by atoms with Crippen LogP contribution in [0.4, 0.5) is 0 Å². The summed E-state index contributed by atoms with van der Waals surface area (Å²) in [7, 11) is 0. The van der Waals surface area contributed by atoms with Crippen LogP contribution in [0, 0.1) is 0 Å². The third-order valence-electron chi connectivity index (χ3n) is 2.67. The maximum Gasteiger partial charge on any atom is 0.249 e. The number of rotatable bonds is 3. The normalized spacial score (nSPS) is 19.3. The van der Waals surface area contributed by atoms with Crippen molar-refractivity contribution in [2.75, 3.05) is 6.61 Å². The van der Waals surface area contributed by atoms with Gasteiger partial charge >= 0.3 is 0 Å². The molecule has 2 rings (SSSR count). The van der Waals surface area contributed by atoms with Gasteiger partial charge in [0.25, 0.3) is 0 Å². The van der Waals surface area contributed by atoms with Gasteiger partial charge in [-0.05, 0) is 30.5 Å². The van der Waals surface area contributed by atoms with E-state index in [1.807, 2.05) is 6.07 Å². The Bertz CT molecular complexity index is 417. The maximum absolute atomic E-state index is 11.7. The molecular formula is C12H13Cl2NO2. The highest BCUT2D eigenvalue weighted by atomic mass is 35.5. The molecule has 5 heteroatoms. The fourth-order valence-electron chi connectivity index (χ4n) is 1.74. The molecule has 0 radical (unpaired) electrons. The molecule has 1 heterocycles. The van der Waals surface area contributed by atoms with Crippen LogP contribution in [0.5, 0.6) is 0 Å². The molecule has 1 fully saturated rings. The first-order valence-electron chi connectivity index (χ1n) is 5.50. The fraction of sp³-hybridized carbons (Fsp3) is 0.417. The highest BCUT2D eigenvalue weighted by Crippen LogP contribution is 2.22. The molecule has 1 unspecified atom stereocenters. The van der Waals surface area contributed by atoms with Gasteiger partial charge in [0.2, 0.25) is 5.91 Å². The first-order chi connectivity index (χ1) is 8.16. The van der Waals surface area contributed by atoms with Crippen LogP contribution >= 0.6 is 23.2 Å². The fourth-order valence-corrected chi connectivity index (χ4v) is 2.06. The highest BCUT2D eigenvalue weighted by molar-refractivity contribution is 6.42. The van der Waals surface area contributed by atoms with Gasteiger partial charge < -0.3 is 10.1 Å². The molecule has 0 saturated carbocycles. The van der Waals surface area contributed by atoms with Crippen LogP contribution in [-0.4, -0.2) is 18.6 Å². The van der Waals surface area contributed by atoms with Crippen LogP contribution in [0.1, 0.15) is 18.4 Å². The number of hydrogen-bond donors (Lipinski definition) is 1. The largest absolute Gasteiger partial charge is 0.368 e. The molecule has 0 aromatic heterocycles. The Morgan fingerprint density at radius 1 is 1.41 bits per heavy atom. The number of carbonyl (C=O) groups is 1. The summed E-state index contributed by atoms with van der Waals surface area (Å²) in [4.78, 5) is 11.7. The average Bonchev–Trinajstić information content (AvgIpc) is 2.84. The molecule has 1 saturated heterocycles. The summed E-state index contributed by atoms with van der Waals surface area (Å²) in [5.41, 5.74) is 0.922. The minimum absolute atomic E-state index is 0.0615. The van der Waals surface area contributed by atoms with Crippen molar-refractivity contribution in [2.45, 2.75) is 25.5 Å². The second-order valence-electron chi connectivity index (χ2n) is 3.97. The van der Waals surface area contributed by atoms with E-state index in [0.29, 0.717) is 23.2 Å². The van der Waals surface area contributed by atoms with Gasteiger partial charge in [0.15, 0.2) is 0 Å². The molecule has 1 atom stereocenters. The van der Waals surface area contributed by atoms with Crippen molar-refractivity contribution >= 4 is 29.1 Å². The van der Waals surface area contributed by atoms with Crippen molar-refractivity contribution in [3.63, 3.8) is 0 Å². The molecule has 0 spiro atoms. The van der Waals surface area contributed by atoms with E-state index >= 15 is 0 Å². The number of amides is 1. The predicted molar refractivity (Wildman–Crippen MR) is 67.3 cm³/mol. The Morgan fingerprint density at radius 3 is 2.88 bits per heavy atom. The van der Waals surface area contributed by atoms with Crippen LogP contribution in [0.15, 0.2) is 18.2 Å². The Labute approximate surface area is 110 Å². The lowest BCUT2D eigenvalue weighted by Gasteiger charge is -2.10. The number of carbonyl (C=O) groups excluding carboxylic acids is 1. The summed E-state index contributed by atoms with van der Waals surface area (Å²) >= 11 is 11.7. The van der Waals surface area contributed by atoms with Crippen molar-refractivity contribution in [3.05, 3.63) is 33.8 Å². The molecule has 0 bridgehead atoms. The molecule has 1 aromatic carbocycles. The standard InChI is InChI=1S/C12H13Cl2NO2/c13-9-4-3-8(6-10(9)14)7-15-12(16)11-2-1-5-17-11/h3-4,6,11H,1-2,5,7H2,(H,15,16). The van der Waals surface area contributed by atoms with Gasteiger partial charge in [-0.25, -0.2) is 0 Å². The van der Waals surface area contributed by atoms with E-state index in [0.717, 1.165) is 18.4 Å². The van der Waals surface area contributed by atoms with E-state index < -0.39 is 0 Å². The quantitative estimate of drug-likeness (QED) is 0.920. The third-order valence-corrected chi connectivity index (χ3v) is 3.41. The monoisotopic (exact) mass is 273 g/mol. The number of benzene rings is 1. The van der Waals surface area contributed by atoms with Crippen LogP contribution in [0.2, 0.25) is 10.0 Å². The molecule has 1 N–H and O–H groups in total. The Morgan fingerprint density at radius 2 is 2.24 bits per heavy atom. The molecule has 1 aliphatic rings. The van der Waals surface area contributed by atoms with E-state index in [2.05, 4.69) is 5.32 Å². The summed E-state index contributed by atoms with van der Waals surface area (Å²) in [5.74, 6) is -0.0615. The zero-order chi connectivity index (χ0) is 12.3. The van der Waals surface area contributed by atoms with Gasteiger partial charge in [0.1, 0.15) is 6.10 Å². The SMILES string of the molecule is O=C(NCc1ccc(Cl)c(Cl)c1)C1CCCO1. The van der Waals surface area contributed by atoms with Crippen molar-refractivity contribution in [1.82, 2.24) is 5.32 Å². The second-order valence-corrected chi connectivity index (χ2v) is 4.78. The molecular weight excluding hydrogens is 261 g/mol. The third kappa shape index (κ3) is 3.35. The van der Waals surface area contributed by atoms with Gasteiger partial charge in [-0.15, -0.1) is 0 Å². The molecule has 1 aromatic rings. The molecule has 3 nitrogen and oxygen atoms in total. The van der Waals surface area contributed by atoms with Gasteiger partial charge in [-0.1, -0.05) is 29.3 Å². The molecule has 1 amide bonds. The van der Waals surface area contributed by atoms with Crippen LogP contribution in [0.25, 0.3) is 0 Å². The smallest absolute Gasteiger partial charge is 0.249 e. The van der Waals surface area contributed by atoms with E-state index in [9.17, 15) is 4.79 Å². The van der Waals surface area contributed by atoms with Gasteiger partial charge in [-0.3, -0.25) is 4.79 Å². The summed E-state index contributed by atoms with van der Waals surface area (Å²) in [6, 6.07) is 5.31. The number of halogens is 2. The lowest BCUT2D eigenvalue weighted by molar-refractivity contribution is -0.130.